The molecule has 0 aliphatic carbocycles. The number of para-hydroxylation sites is 2. The Hall–Kier alpha value is -2.14. The summed E-state index contributed by atoms with van der Waals surface area (Å²) in [5, 5.41) is 2.84. The number of benzene rings is 2. The lowest BCUT2D eigenvalue weighted by molar-refractivity contribution is -0.125. The van der Waals surface area contributed by atoms with E-state index in [0.29, 0.717) is 11.5 Å². The lowest BCUT2D eigenvalue weighted by Gasteiger charge is -2.25. The van der Waals surface area contributed by atoms with Crippen LogP contribution < -0.4 is 14.8 Å². The zero-order chi connectivity index (χ0) is 14.7. The Bertz CT molecular complexity index is 642. The molecule has 0 saturated carbocycles. The summed E-state index contributed by atoms with van der Waals surface area (Å²) in [5.74, 6) is 1.06. The Morgan fingerprint density at radius 1 is 1.14 bits per heavy atom. The molecule has 2 aromatic carbocycles. The molecule has 1 atom stereocenters. The molecule has 0 saturated heterocycles. The fraction of sp³-hybridized carbons (Fsp3) is 0.188. The highest BCUT2D eigenvalue weighted by molar-refractivity contribution is 7.98. The van der Waals surface area contributed by atoms with E-state index in [1.807, 2.05) is 48.7 Å². The van der Waals surface area contributed by atoms with E-state index in [2.05, 4.69) is 5.32 Å². The molecule has 5 heteroatoms. The third-order valence-electron chi connectivity index (χ3n) is 3.16. The first-order chi connectivity index (χ1) is 10.3. The van der Waals surface area contributed by atoms with E-state index in [4.69, 9.17) is 9.47 Å². The minimum Gasteiger partial charge on any atom is -0.485 e. The van der Waals surface area contributed by atoms with Crippen LogP contribution in [0.3, 0.4) is 0 Å². The molecule has 0 aromatic heterocycles. The maximum Gasteiger partial charge on any atom is 0.269 e. The number of amides is 1. The standard InChI is InChI=1S/C16H15NO3S/c1-21-12-8-6-11(7-9-12)17-16(18)15-10-19-13-4-2-3-5-14(13)20-15/h2-9,15H,10H2,1H3,(H,17,18). The van der Waals surface area contributed by atoms with Gasteiger partial charge in [-0.25, -0.2) is 0 Å². The number of hydrogen-bond donors (Lipinski definition) is 1. The van der Waals surface area contributed by atoms with Crippen molar-refractivity contribution >= 4 is 23.4 Å². The van der Waals surface area contributed by atoms with E-state index < -0.39 is 6.10 Å². The highest BCUT2D eigenvalue weighted by Gasteiger charge is 2.27. The lowest BCUT2D eigenvalue weighted by atomic mass is 10.2. The van der Waals surface area contributed by atoms with Crippen molar-refractivity contribution in [3.05, 3.63) is 48.5 Å². The maximum absolute atomic E-state index is 12.2. The van der Waals surface area contributed by atoms with Crippen molar-refractivity contribution in [1.29, 1.82) is 0 Å². The normalized spacial score (nSPS) is 16.3. The van der Waals surface area contributed by atoms with Crippen LogP contribution in [0.5, 0.6) is 11.5 Å². The van der Waals surface area contributed by atoms with Gasteiger partial charge in [-0.2, -0.15) is 0 Å². The molecule has 4 nitrogen and oxygen atoms in total. The predicted octanol–water partition coefficient (Wildman–Crippen LogP) is 3.19. The molecule has 21 heavy (non-hydrogen) atoms. The van der Waals surface area contributed by atoms with E-state index in [-0.39, 0.29) is 12.5 Å². The lowest BCUT2D eigenvalue weighted by Crippen LogP contribution is -2.40. The molecule has 1 aliphatic rings. The van der Waals surface area contributed by atoms with E-state index >= 15 is 0 Å². The van der Waals surface area contributed by atoms with Crippen LogP contribution in [-0.2, 0) is 4.79 Å². The molecule has 0 bridgehead atoms. The Labute approximate surface area is 127 Å². The summed E-state index contributed by atoms with van der Waals surface area (Å²) in [6.07, 6.45) is 1.37. The van der Waals surface area contributed by atoms with Crippen LogP contribution in [0.15, 0.2) is 53.4 Å². The molecular weight excluding hydrogens is 286 g/mol. The number of thioether (sulfide) groups is 1. The second-order valence-corrected chi connectivity index (χ2v) is 5.46. The molecule has 0 radical (unpaired) electrons. The van der Waals surface area contributed by atoms with Gasteiger partial charge in [0.1, 0.15) is 6.61 Å². The molecule has 1 aliphatic heterocycles. The molecule has 1 amide bonds. The summed E-state index contributed by atoms with van der Waals surface area (Å²) in [6.45, 7) is 0.214. The molecule has 0 fully saturated rings. The monoisotopic (exact) mass is 301 g/mol. The number of fused-ring (bicyclic) bond motifs is 1. The van der Waals surface area contributed by atoms with Gasteiger partial charge in [-0.05, 0) is 42.7 Å². The summed E-state index contributed by atoms with van der Waals surface area (Å²) in [7, 11) is 0. The van der Waals surface area contributed by atoms with Crippen molar-refractivity contribution < 1.29 is 14.3 Å². The SMILES string of the molecule is CSc1ccc(NC(=O)C2COc3ccccc3O2)cc1. The van der Waals surface area contributed by atoms with Crippen LogP contribution >= 0.6 is 11.8 Å². The van der Waals surface area contributed by atoms with Crippen LogP contribution in [0.1, 0.15) is 0 Å². The number of anilines is 1. The number of carbonyl (C=O) groups excluding carboxylic acids is 1. The van der Waals surface area contributed by atoms with Gasteiger partial charge in [-0.3, -0.25) is 4.79 Å². The molecule has 2 aromatic rings. The van der Waals surface area contributed by atoms with Crippen LogP contribution in [0, 0.1) is 0 Å². The summed E-state index contributed by atoms with van der Waals surface area (Å²) in [6, 6.07) is 15.0. The predicted molar refractivity (Wildman–Crippen MR) is 83.2 cm³/mol. The largest absolute Gasteiger partial charge is 0.485 e. The quantitative estimate of drug-likeness (QED) is 0.885. The van der Waals surface area contributed by atoms with Gasteiger partial charge in [0.25, 0.3) is 5.91 Å². The Morgan fingerprint density at radius 2 is 1.86 bits per heavy atom. The first kappa shape index (κ1) is 13.8. The second kappa shape index (κ2) is 6.10. The molecule has 1 unspecified atom stereocenters. The molecule has 1 heterocycles. The summed E-state index contributed by atoms with van der Waals surface area (Å²) >= 11 is 1.66. The summed E-state index contributed by atoms with van der Waals surface area (Å²) < 4.78 is 11.2. The average molecular weight is 301 g/mol. The summed E-state index contributed by atoms with van der Waals surface area (Å²) in [5.41, 5.74) is 0.750. The second-order valence-electron chi connectivity index (χ2n) is 4.58. The fourth-order valence-corrected chi connectivity index (χ4v) is 2.45. The highest BCUT2D eigenvalue weighted by Crippen LogP contribution is 2.31. The van der Waals surface area contributed by atoms with Gasteiger partial charge < -0.3 is 14.8 Å². The first-order valence-electron chi connectivity index (χ1n) is 6.59. The molecule has 0 spiro atoms. The molecule has 1 N–H and O–H groups in total. The van der Waals surface area contributed by atoms with Gasteiger partial charge in [-0.1, -0.05) is 12.1 Å². The Morgan fingerprint density at radius 3 is 2.57 bits per heavy atom. The number of carbonyl (C=O) groups is 1. The smallest absolute Gasteiger partial charge is 0.269 e. The van der Waals surface area contributed by atoms with Crippen molar-refractivity contribution in [2.75, 3.05) is 18.2 Å². The van der Waals surface area contributed by atoms with Crippen LogP contribution in [0.2, 0.25) is 0 Å². The number of nitrogens with one attached hydrogen (secondary N) is 1. The van der Waals surface area contributed by atoms with Crippen molar-refractivity contribution in [2.45, 2.75) is 11.0 Å². The average Bonchev–Trinajstić information content (AvgIpc) is 2.55. The third kappa shape index (κ3) is 3.13. The van der Waals surface area contributed by atoms with E-state index in [9.17, 15) is 4.79 Å². The van der Waals surface area contributed by atoms with E-state index in [1.165, 1.54) is 0 Å². The van der Waals surface area contributed by atoms with Crippen molar-refractivity contribution in [2.24, 2.45) is 0 Å². The highest BCUT2D eigenvalue weighted by atomic mass is 32.2. The minimum absolute atomic E-state index is 0.207. The molecular formula is C16H15NO3S. The summed E-state index contributed by atoms with van der Waals surface area (Å²) in [4.78, 5) is 13.4. The van der Waals surface area contributed by atoms with Crippen LogP contribution in [0.4, 0.5) is 5.69 Å². The minimum atomic E-state index is -0.639. The number of rotatable bonds is 3. The number of hydrogen-bond acceptors (Lipinski definition) is 4. The van der Waals surface area contributed by atoms with Gasteiger partial charge in [-0.15, -0.1) is 11.8 Å². The topological polar surface area (TPSA) is 47.6 Å². The van der Waals surface area contributed by atoms with Gasteiger partial charge in [0.2, 0.25) is 6.10 Å². The van der Waals surface area contributed by atoms with Gasteiger partial charge in [0.05, 0.1) is 0 Å². The van der Waals surface area contributed by atoms with Gasteiger partial charge >= 0.3 is 0 Å². The van der Waals surface area contributed by atoms with Crippen molar-refractivity contribution in [3.63, 3.8) is 0 Å². The van der Waals surface area contributed by atoms with Gasteiger partial charge in [0.15, 0.2) is 11.5 Å². The number of ether oxygens (including phenoxy) is 2. The zero-order valence-electron chi connectivity index (χ0n) is 11.5. The van der Waals surface area contributed by atoms with Gasteiger partial charge in [0, 0.05) is 10.6 Å². The first-order valence-corrected chi connectivity index (χ1v) is 7.82. The van der Waals surface area contributed by atoms with Crippen molar-refractivity contribution in [1.82, 2.24) is 0 Å². The Kier molecular flexibility index (Phi) is 4.01. The van der Waals surface area contributed by atoms with E-state index in [0.717, 1.165) is 10.6 Å². The van der Waals surface area contributed by atoms with Crippen molar-refractivity contribution in [3.8, 4) is 11.5 Å². The maximum atomic E-state index is 12.2. The van der Waals surface area contributed by atoms with Crippen LogP contribution in [-0.4, -0.2) is 24.9 Å². The zero-order valence-corrected chi connectivity index (χ0v) is 12.4. The Balaban J connectivity index is 1.66. The molecule has 3 rings (SSSR count). The molecule has 108 valence electrons. The fourth-order valence-electron chi connectivity index (χ4n) is 2.05. The third-order valence-corrected chi connectivity index (χ3v) is 3.90. The van der Waals surface area contributed by atoms with E-state index in [1.54, 1.807) is 17.8 Å². The van der Waals surface area contributed by atoms with Crippen LogP contribution in [0.25, 0.3) is 0 Å².